The van der Waals surface area contributed by atoms with Crippen LogP contribution in [0.15, 0.2) is 24.3 Å². The van der Waals surface area contributed by atoms with Gasteiger partial charge < -0.3 is 10.1 Å². The van der Waals surface area contributed by atoms with Crippen LogP contribution in [0.5, 0.6) is 5.75 Å². The minimum atomic E-state index is -3.09. The molecule has 0 aliphatic carbocycles. The van der Waals surface area contributed by atoms with Crippen molar-refractivity contribution < 1.29 is 17.9 Å². The van der Waals surface area contributed by atoms with Gasteiger partial charge in [0.1, 0.15) is 5.75 Å². The van der Waals surface area contributed by atoms with Crippen molar-refractivity contribution >= 4 is 22.0 Å². The Labute approximate surface area is 136 Å². The van der Waals surface area contributed by atoms with E-state index in [0.29, 0.717) is 32.7 Å². The standard InChI is InChI=1S/C16H20N2O4S/c19-16(17-7-9-18-8-1-11-23(18,20)21)5-3-13-2-4-15-14(12-13)6-10-22-15/h2-5,12H,1,6-11H2,(H,17,19). The molecule has 0 aromatic heterocycles. The van der Waals surface area contributed by atoms with E-state index in [2.05, 4.69) is 5.32 Å². The maximum absolute atomic E-state index is 11.8. The van der Waals surface area contributed by atoms with Gasteiger partial charge in [0.2, 0.25) is 15.9 Å². The molecule has 1 aromatic rings. The Morgan fingerprint density at radius 1 is 1.39 bits per heavy atom. The summed E-state index contributed by atoms with van der Waals surface area (Å²) in [6, 6.07) is 5.84. The van der Waals surface area contributed by atoms with E-state index in [0.717, 1.165) is 23.3 Å². The third-order valence-corrected chi connectivity index (χ3v) is 5.96. The fourth-order valence-electron chi connectivity index (χ4n) is 2.79. The Hall–Kier alpha value is -1.86. The van der Waals surface area contributed by atoms with E-state index in [9.17, 15) is 13.2 Å². The minimum absolute atomic E-state index is 0.211. The molecule has 1 N–H and O–H groups in total. The van der Waals surface area contributed by atoms with Crippen molar-refractivity contribution in [1.82, 2.24) is 9.62 Å². The van der Waals surface area contributed by atoms with E-state index in [4.69, 9.17) is 4.74 Å². The highest BCUT2D eigenvalue weighted by Crippen LogP contribution is 2.26. The molecule has 0 spiro atoms. The molecular weight excluding hydrogens is 316 g/mol. The number of fused-ring (bicyclic) bond motifs is 1. The van der Waals surface area contributed by atoms with Gasteiger partial charge in [-0.1, -0.05) is 6.07 Å². The first kappa shape index (κ1) is 16.0. The van der Waals surface area contributed by atoms with Crippen molar-refractivity contribution in [2.75, 3.05) is 32.0 Å². The average molecular weight is 336 g/mol. The SMILES string of the molecule is O=C(C=Cc1ccc2c(c1)CCO2)NCCN1CCCS1(=O)=O. The number of amides is 1. The molecule has 7 heteroatoms. The summed E-state index contributed by atoms with van der Waals surface area (Å²) in [6.07, 6.45) is 4.78. The van der Waals surface area contributed by atoms with Crippen LogP contribution in [0.25, 0.3) is 6.08 Å². The second-order valence-corrected chi connectivity index (χ2v) is 7.75. The smallest absolute Gasteiger partial charge is 0.244 e. The number of nitrogens with zero attached hydrogens (tertiary/aromatic N) is 1. The van der Waals surface area contributed by atoms with Crippen molar-refractivity contribution in [2.45, 2.75) is 12.8 Å². The monoisotopic (exact) mass is 336 g/mol. The van der Waals surface area contributed by atoms with Crippen LogP contribution in [0, 0.1) is 0 Å². The molecule has 2 aliphatic heterocycles. The highest BCUT2D eigenvalue weighted by atomic mass is 32.2. The molecule has 2 heterocycles. The van der Waals surface area contributed by atoms with Crippen LogP contribution in [0.1, 0.15) is 17.5 Å². The number of hydrogen-bond donors (Lipinski definition) is 1. The van der Waals surface area contributed by atoms with Crippen LogP contribution in [0.4, 0.5) is 0 Å². The van der Waals surface area contributed by atoms with Crippen molar-refractivity contribution in [2.24, 2.45) is 0 Å². The Balaban J connectivity index is 1.47. The maximum Gasteiger partial charge on any atom is 0.244 e. The first-order valence-electron chi connectivity index (χ1n) is 7.74. The summed E-state index contributed by atoms with van der Waals surface area (Å²) in [7, 11) is -3.09. The fraction of sp³-hybridized carbons (Fsp3) is 0.438. The predicted octanol–water partition coefficient (Wildman–Crippen LogP) is 0.786. The Bertz CT molecular complexity index is 728. The van der Waals surface area contributed by atoms with Crippen LogP contribution < -0.4 is 10.1 Å². The molecule has 2 aliphatic rings. The molecule has 1 amide bonds. The van der Waals surface area contributed by atoms with Gasteiger partial charge in [0, 0.05) is 32.1 Å². The molecule has 0 unspecified atom stereocenters. The van der Waals surface area contributed by atoms with E-state index in [1.54, 1.807) is 6.08 Å². The summed E-state index contributed by atoms with van der Waals surface area (Å²) in [5.41, 5.74) is 2.11. The highest BCUT2D eigenvalue weighted by molar-refractivity contribution is 7.89. The lowest BCUT2D eigenvalue weighted by Crippen LogP contribution is -2.35. The molecule has 0 saturated carbocycles. The zero-order valence-corrected chi connectivity index (χ0v) is 13.6. The zero-order valence-electron chi connectivity index (χ0n) is 12.8. The van der Waals surface area contributed by atoms with Crippen molar-refractivity contribution in [3.05, 3.63) is 35.4 Å². The maximum atomic E-state index is 11.8. The van der Waals surface area contributed by atoms with E-state index >= 15 is 0 Å². The number of nitrogens with one attached hydrogen (secondary N) is 1. The first-order valence-corrected chi connectivity index (χ1v) is 9.35. The van der Waals surface area contributed by atoms with Gasteiger partial charge in [0.25, 0.3) is 0 Å². The van der Waals surface area contributed by atoms with Crippen LogP contribution in [-0.2, 0) is 21.2 Å². The lowest BCUT2D eigenvalue weighted by atomic mass is 10.1. The summed E-state index contributed by atoms with van der Waals surface area (Å²) in [4.78, 5) is 11.8. The van der Waals surface area contributed by atoms with Crippen molar-refractivity contribution in [3.63, 3.8) is 0 Å². The van der Waals surface area contributed by atoms with E-state index < -0.39 is 10.0 Å². The normalized spacial score (nSPS) is 19.7. The number of carbonyl (C=O) groups excluding carboxylic acids is 1. The number of sulfonamides is 1. The molecule has 0 atom stereocenters. The number of rotatable bonds is 5. The predicted molar refractivity (Wildman–Crippen MR) is 87.7 cm³/mol. The van der Waals surface area contributed by atoms with Crippen LogP contribution >= 0.6 is 0 Å². The molecule has 0 bridgehead atoms. The van der Waals surface area contributed by atoms with E-state index in [-0.39, 0.29) is 11.7 Å². The summed E-state index contributed by atoms with van der Waals surface area (Å²) < 4.78 is 30.1. The average Bonchev–Trinajstić information content (AvgIpc) is 3.11. The van der Waals surface area contributed by atoms with Crippen LogP contribution in [-0.4, -0.2) is 50.6 Å². The summed E-state index contributed by atoms with van der Waals surface area (Å²) in [6.45, 7) is 1.91. The molecule has 124 valence electrons. The number of hydrogen-bond acceptors (Lipinski definition) is 4. The molecule has 0 radical (unpaired) electrons. The molecule has 1 aromatic carbocycles. The summed E-state index contributed by atoms with van der Waals surface area (Å²) in [5, 5.41) is 2.71. The van der Waals surface area contributed by atoms with Gasteiger partial charge in [-0.3, -0.25) is 4.79 Å². The first-order chi connectivity index (χ1) is 11.0. The second kappa shape index (κ2) is 6.72. The Morgan fingerprint density at radius 3 is 3.04 bits per heavy atom. The number of ether oxygens (including phenoxy) is 1. The molecule has 23 heavy (non-hydrogen) atoms. The van der Waals surface area contributed by atoms with Gasteiger partial charge in [-0.2, -0.15) is 0 Å². The summed E-state index contributed by atoms with van der Waals surface area (Å²) >= 11 is 0. The fourth-order valence-corrected chi connectivity index (χ4v) is 4.32. The summed E-state index contributed by atoms with van der Waals surface area (Å²) in [5.74, 6) is 0.903. The molecule has 1 saturated heterocycles. The van der Waals surface area contributed by atoms with Gasteiger partial charge in [-0.25, -0.2) is 12.7 Å². The van der Waals surface area contributed by atoms with Gasteiger partial charge >= 0.3 is 0 Å². The quantitative estimate of drug-likeness (QED) is 0.807. The molecule has 6 nitrogen and oxygen atoms in total. The number of benzene rings is 1. The molecule has 1 fully saturated rings. The minimum Gasteiger partial charge on any atom is -0.493 e. The third-order valence-electron chi connectivity index (χ3n) is 4.00. The highest BCUT2D eigenvalue weighted by Gasteiger charge is 2.27. The van der Waals surface area contributed by atoms with Gasteiger partial charge in [0.15, 0.2) is 0 Å². The largest absolute Gasteiger partial charge is 0.493 e. The van der Waals surface area contributed by atoms with E-state index in [1.807, 2.05) is 18.2 Å². The van der Waals surface area contributed by atoms with Crippen LogP contribution in [0.3, 0.4) is 0 Å². The van der Waals surface area contributed by atoms with Crippen LogP contribution in [0.2, 0.25) is 0 Å². The van der Waals surface area contributed by atoms with E-state index in [1.165, 1.54) is 10.4 Å². The Kier molecular flexibility index (Phi) is 4.68. The van der Waals surface area contributed by atoms with Crippen molar-refractivity contribution in [1.29, 1.82) is 0 Å². The van der Waals surface area contributed by atoms with Gasteiger partial charge in [-0.15, -0.1) is 0 Å². The van der Waals surface area contributed by atoms with Crippen molar-refractivity contribution in [3.8, 4) is 5.75 Å². The lowest BCUT2D eigenvalue weighted by Gasteiger charge is -2.13. The van der Waals surface area contributed by atoms with Gasteiger partial charge in [0.05, 0.1) is 12.4 Å². The van der Waals surface area contributed by atoms with Gasteiger partial charge in [-0.05, 0) is 35.8 Å². The zero-order chi connectivity index (χ0) is 16.3. The second-order valence-electron chi connectivity index (χ2n) is 5.66. The molecule has 3 rings (SSSR count). The molecular formula is C16H20N2O4S. The topological polar surface area (TPSA) is 75.7 Å². The third kappa shape index (κ3) is 3.92. The Morgan fingerprint density at radius 2 is 2.26 bits per heavy atom. The number of carbonyl (C=O) groups is 1. The lowest BCUT2D eigenvalue weighted by molar-refractivity contribution is -0.116.